The first-order chi connectivity index (χ1) is 9.81. The van der Waals surface area contributed by atoms with E-state index in [2.05, 4.69) is 15.9 Å². The second-order valence-electron chi connectivity index (χ2n) is 5.44. The summed E-state index contributed by atoms with van der Waals surface area (Å²) >= 11 is 3.21. The highest BCUT2D eigenvalue weighted by atomic mass is 79.9. The number of carbonyl (C=O) groups is 2. The number of hydrogen-bond acceptors (Lipinski definition) is 4. The number of nitro benzene ring substituents is 1. The van der Waals surface area contributed by atoms with E-state index in [1.165, 1.54) is 23.1 Å². The van der Waals surface area contributed by atoms with Gasteiger partial charge in [0.05, 0.1) is 10.5 Å². The lowest BCUT2D eigenvalue weighted by molar-refractivity contribution is -0.384. The number of non-ortho nitro benzene ring substituents is 1. The summed E-state index contributed by atoms with van der Waals surface area (Å²) in [5, 5.41) is 10.8. The summed E-state index contributed by atoms with van der Waals surface area (Å²) in [7, 11) is 0. The zero-order chi connectivity index (χ0) is 15.7. The van der Waals surface area contributed by atoms with Crippen molar-refractivity contribution in [3.05, 3.63) is 38.3 Å². The van der Waals surface area contributed by atoms with Gasteiger partial charge in [0.15, 0.2) is 0 Å². The Morgan fingerprint density at radius 1 is 1.48 bits per heavy atom. The molecule has 1 aliphatic rings. The van der Waals surface area contributed by atoms with E-state index < -0.39 is 10.8 Å². The fourth-order valence-electron chi connectivity index (χ4n) is 2.31. The fraction of sp³-hybridized carbons (Fsp3) is 0.429. The summed E-state index contributed by atoms with van der Waals surface area (Å²) in [5.74, 6) is -0.268. The molecule has 0 bridgehead atoms. The lowest BCUT2D eigenvalue weighted by atomic mass is 9.95. The molecule has 1 saturated heterocycles. The maximum Gasteiger partial charge on any atom is 0.270 e. The van der Waals surface area contributed by atoms with Gasteiger partial charge in [-0.2, -0.15) is 0 Å². The molecule has 112 valence electrons. The van der Waals surface area contributed by atoms with Gasteiger partial charge >= 0.3 is 0 Å². The summed E-state index contributed by atoms with van der Waals surface area (Å²) in [5.41, 5.74) is -0.0319. The van der Waals surface area contributed by atoms with E-state index in [0.717, 1.165) is 0 Å². The Hall–Kier alpha value is -1.76. The third-order valence-electron chi connectivity index (χ3n) is 3.73. The number of imide groups is 1. The number of benzene rings is 1. The predicted molar refractivity (Wildman–Crippen MR) is 79.8 cm³/mol. The molecule has 7 heteroatoms. The van der Waals surface area contributed by atoms with Crippen molar-refractivity contribution in [2.45, 2.75) is 20.3 Å². The van der Waals surface area contributed by atoms with Crippen LogP contribution >= 0.6 is 15.9 Å². The molecule has 2 amide bonds. The minimum absolute atomic E-state index is 0.138. The molecule has 0 saturated carbocycles. The zero-order valence-electron chi connectivity index (χ0n) is 11.7. The smallest absolute Gasteiger partial charge is 0.270 e. The topological polar surface area (TPSA) is 80.5 Å². The molecular formula is C14H15BrN2O4. The van der Waals surface area contributed by atoms with E-state index in [9.17, 15) is 19.7 Å². The second-order valence-corrected chi connectivity index (χ2v) is 6.29. The second kappa shape index (κ2) is 5.93. The molecule has 1 atom stereocenters. The van der Waals surface area contributed by atoms with E-state index in [4.69, 9.17) is 0 Å². The van der Waals surface area contributed by atoms with E-state index in [0.29, 0.717) is 23.4 Å². The van der Waals surface area contributed by atoms with Crippen LogP contribution in [-0.4, -0.2) is 28.2 Å². The van der Waals surface area contributed by atoms with Crippen molar-refractivity contribution in [2.24, 2.45) is 11.8 Å². The fourth-order valence-corrected chi connectivity index (χ4v) is 2.73. The highest BCUT2D eigenvalue weighted by molar-refractivity contribution is 9.10. The lowest BCUT2D eigenvalue weighted by Crippen LogP contribution is -2.33. The Morgan fingerprint density at radius 2 is 2.14 bits per heavy atom. The molecule has 1 unspecified atom stereocenters. The first-order valence-corrected chi connectivity index (χ1v) is 7.39. The predicted octanol–water partition coefficient (Wildman–Crippen LogP) is 3.00. The molecule has 0 aliphatic carbocycles. The van der Waals surface area contributed by atoms with Crippen molar-refractivity contribution < 1.29 is 14.5 Å². The number of amides is 2. The summed E-state index contributed by atoms with van der Waals surface area (Å²) in [4.78, 5) is 35.9. The molecule has 21 heavy (non-hydrogen) atoms. The summed E-state index contributed by atoms with van der Waals surface area (Å²) in [6.07, 6.45) is 0.343. The lowest BCUT2D eigenvalue weighted by Gasteiger charge is -2.17. The maximum atomic E-state index is 12.5. The number of nitrogens with zero attached hydrogens (tertiary/aromatic N) is 2. The molecule has 1 aromatic carbocycles. The van der Waals surface area contributed by atoms with Crippen LogP contribution in [0.3, 0.4) is 0 Å². The molecule has 1 fully saturated rings. The summed E-state index contributed by atoms with van der Waals surface area (Å²) < 4.78 is 0.443. The number of likely N-dealkylation sites (tertiary alicyclic amines) is 1. The minimum atomic E-state index is -0.564. The van der Waals surface area contributed by atoms with E-state index in [1.54, 1.807) is 0 Å². The molecule has 2 rings (SSSR count). The van der Waals surface area contributed by atoms with Gasteiger partial charge in [-0.05, 0) is 33.8 Å². The number of rotatable bonds is 3. The molecule has 0 spiro atoms. The quantitative estimate of drug-likeness (QED) is 0.474. The van der Waals surface area contributed by atoms with Crippen molar-refractivity contribution in [3.8, 4) is 0 Å². The van der Waals surface area contributed by atoms with Crippen molar-refractivity contribution in [2.75, 3.05) is 6.54 Å². The molecular weight excluding hydrogens is 340 g/mol. The Balaban J connectivity index is 2.30. The van der Waals surface area contributed by atoms with E-state index >= 15 is 0 Å². The molecule has 0 N–H and O–H groups in total. The van der Waals surface area contributed by atoms with Crippen LogP contribution in [0.4, 0.5) is 5.69 Å². The van der Waals surface area contributed by atoms with Gasteiger partial charge in [-0.1, -0.05) is 13.8 Å². The van der Waals surface area contributed by atoms with Crippen LogP contribution in [0.15, 0.2) is 22.7 Å². The van der Waals surface area contributed by atoms with Crippen LogP contribution in [0.5, 0.6) is 0 Å². The van der Waals surface area contributed by atoms with Crippen LogP contribution < -0.4 is 0 Å². The average molecular weight is 355 g/mol. The first kappa shape index (κ1) is 15.6. The van der Waals surface area contributed by atoms with Crippen LogP contribution in [-0.2, 0) is 4.79 Å². The number of nitro groups is 1. The van der Waals surface area contributed by atoms with Crippen LogP contribution in [0, 0.1) is 22.0 Å². The molecule has 0 aromatic heterocycles. The van der Waals surface area contributed by atoms with Crippen molar-refractivity contribution in [3.63, 3.8) is 0 Å². The summed E-state index contributed by atoms with van der Waals surface area (Å²) in [6, 6.07) is 3.96. The standard InChI is InChI=1S/C14H15BrN2O4/c1-8(2)9-5-13(18)16(7-9)14(19)11-6-10(17(20)21)3-4-12(11)15/h3-4,6,8-9H,5,7H2,1-2H3. The average Bonchev–Trinajstić information content (AvgIpc) is 2.80. The number of halogens is 1. The largest absolute Gasteiger partial charge is 0.278 e. The highest BCUT2D eigenvalue weighted by Crippen LogP contribution is 2.29. The van der Waals surface area contributed by atoms with Crippen LogP contribution in [0.2, 0.25) is 0 Å². The number of carbonyl (C=O) groups excluding carboxylic acids is 2. The SMILES string of the molecule is CC(C)C1CC(=O)N(C(=O)c2cc([N+](=O)[O-])ccc2Br)C1. The third-order valence-corrected chi connectivity index (χ3v) is 4.43. The van der Waals surface area contributed by atoms with Crippen molar-refractivity contribution in [1.82, 2.24) is 4.90 Å². The van der Waals surface area contributed by atoms with Gasteiger partial charge < -0.3 is 0 Å². The highest BCUT2D eigenvalue weighted by Gasteiger charge is 2.36. The molecule has 1 aromatic rings. The maximum absolute atomic E-state index is 12.5. The van der Waals surface area contributed by atoms with E-state index in [-0.39, 0.29) is 23.1 Å². The monoisotopic (exact) mass is 354 g/mol. The molecule has 6 nitrogen and oxygen atoms in total. The van der Waals surface area contributed by atoms with Crippen LogP contribution in [0.1, 0.15) is 30.6 Å². The molecule has 0 radical (unpaired) electrons. The third kappa shape index (κ3) is 3.12. The molecule has 1 aliphatic heterocycles. The first-order valence-electron chi connectivity index (χ1n) is 6.60. The van der Waals surface area contributed by atoms with E-state index in [1.807, 2.05) is 13.8 Å². The minimum Gasteiger partial charge on any atom is -0.278 e. The normalized spacial score (nSPS) is 18.4. The Morgan fingerprint density at radius 3 is 2.67 bits per heavy atom. The van der Waals surface area contributed by atoms with Gasteiger partial charge in [-0.25, -0.2) is 0 Å². The molecule has 1 heterocycles. The van der Waals surface area contributed by atoms with Gasteiger partial charge in [-0.3, -0.25) is 24.6 Å². The van der Waals surface area contributed by atoms with Crippen molar-refractivity contribution >= 4 is 33.4 Å². The van der Waals surface area contributed by atoms with Gasteiger partial charge in [0.1, 0.15) is 0 Å². The Kier molecular flexibility index (Phi) is 4.41. The van der Waals surface area contributed by atoms with Gasteiger partial charge in [0, 0.05) is 29.6 Å². The van der Waals surface area contributed by atoms with Gasteiger partial charge in [-0.15, -0.1) is 0 Å². The number of hydrogen-bond donors (Lipinski definition) is 0. The van der Waals surface area contributed by atoms with Crippen molar-refractivity contribution in [1.29, 1.82) is 0 Å². The summed E-state index contributed by atoms with van der Waals surface area (Å²) in [6.45, 7) is 4.38. The van der Waals surface area contributed by atoms with Crippen LogP contribution in [0.25, 0.3) is 0 Å². The van der Waals surface area contributed by atoms with Gasteiger partial charge in [0.2, 0.25) is 5.91 Å². The van der Waals surface area contributed by atoms with Gasteiger partial charge in [0.25, 0.3) is 11.6 Å². The zero-order valence-corrected chi connectivity index (χ0v) is 13.3. The Bertz CT molecular complexity index is 615. The Labute approximate surface area is 130 Å².